The van der Waals surface area contributed by atoms with E-state index in [-0.39, 0.29) is 6.04 Å². The molecule has 0 unspecified atom stereocenters. The van der Waals surface area contributed by atoms with Crippen LogP contribution in [0.4, 0.5) is 0 Å². The molecule has 5 rings (SSSR count). The summed E-state index contributed by atoms with van der Waals surface area (Å²) in [5, 5.41) is 11.9. The normalized spacial score (nSPS) is 26.9. The summed E-state index contributed by atoms with van der Waals surface area (Å²) in [5.74, 6) is 2.21. The van der Waals surface area contributed by atoms with Gasteiger partial charge in [-0.15, -0.1) is 0 Å². The average molecular weight is 383 g/mol. The van der Waals surface area contributed by atoms with Gasteiger partial charge in [0.15, 0.2) is 11.5 Å². The van der Waals surface area contributed by atoms with Gasteiger partial charge in [-0.1, -0.05) is 30.3 Å². The first-order valence-electron chi connectivity index (χ1n) is 9.90. The van der Waals surface area contributed by atoms with Crippen molar-refractivity contribution in [3.05, 3.63) is 53.6 Å². The van der Waals surface area contributed by atoms with Crippen molar-refractivity contribution >= 4 is 0 Å². The van der Waals surface area contributed by atoms with Gasteiger partial charge in [-0.3, -0.25) is 4.90 Å². The molecular formula is C23H29NO4. The number of hydrogen-bond acceptors (Lipinski definition) is 5. The van der Waals surface area contributed by atoms with Gasteiger partial charge in [-0.05, 0) is 48.4 Å². The highest BCUT2D eigenvalue weighted by Crippen LogP contribution is 2.50. The average Bonchev–Trinajstić information content (AvgIpc) is 2.73. The molecule has 2 saturated heterocycles. The first-order chi connectivity index (χ1) is 13.6. The second-order valence-corrected chi connectivity index (χ2v) is 7.92. The number of methoxy groups -OCH3 is 3. The van der Waals surface area contributed by atoms with Gasteiger partial charge in [0.25, 0.3) is 0 Å². The Morgan fingerprint density at radius 2 is 1.68 bits per heavy atom. The molecule has 3 atom stereocenters. The summed E-state index contributed by atoms with van der Waals surface area (Å²) < 4.78 is 16.5. The number of hydrogen-bond donors (Lipinski definition) is 1. The number of aliphatic hydroxyl groups is 1. The zero-order valence-electron chi connectivity index (χ0n) is 16.9. The Morgan fingerprint density at radius 1 is 1.00 bits per heavy atom. The molecule has 0 aromatic heterocycles. The van der Waals surface area contributed by atoms with Gasteiger partial charge in [0.05, 0.1) is 21.3 Å². The number of rotatable bonds is 6. The minimum Gasteiger partial charge on any atom is -0.493 e. The van der Waals surface area contributed by atoms with Gasteiger partial charge >= 0.3 is 0 Å². The molecule has 0 spiro atoms. The van der Waals surface area contributed by atoms with Crippen LogP contribution in [-0.2, 0) is 12.1 Å². The topological polar surface area (TPSA) is 51.2 Å². The van der Waals surface area contributed by atoms with Crippen LogP contribution in [0.15, 0.2) is 42.5 Å². The van der Waals surface area contributed by atoms with E-state index in [0.29, 0.717) is 23.2 Å². The molecule has 1 saturated carbocycles. The molecule has 3 aliphatic rings. The lowest BCUT2D eigenvalue weighted by Crippen LogP contribution is -2.60. The summed E-state index contributed by atoms with van der Waals surface area (Å²) in [6, 6.07) is 14.4. The molecule has 1 aliphatic carbocycles. The lowest BCUT2D eigenvalue weighted by molar-refractivity contribution is -0.140. The molecule has 150 valence electrons. The van der Waals surface area contributed by atoms with Crippen LogP contribution in [0.3, 0.4) is 0 Å². The quantitative estimate of drug-likeness (QED) is 0.826. The molecule has 5 nitrogen and oxygen atoms in total. The Hall–Kier alpha value is -2.24. The Morgan fingerprint density at radius 3 is 2.25 bits per heavy atom. The molecule has 2 aromatic carbocycles. The maximum Gasteiger partial charge on any atom is 0.203 e. The Kier molecular flexibility index (Phi) is 5.21. The van der Waals surface area contributed by atoms with Gasteiger partial charge in [0, 0.05) is 19.1 Å². The van der Waals surface area contributed by atoms with Crippen molar-refractivity contribution in [3.8, 4) is 17.2 Å². The third kappa shape index (κ3) is 3.23. The third-order valence-electron chi connectivity index (χ3n) is 6.33. The zero-order valence-corrected chi connectivity index (χ0v) is 16.9. The van der Waals surface area contributed by atoms with Crippen LogP contribution in [0, 0.1) is 5.92 Å². The molecule has 2 aromatic rings. The van der Waals surface area contributed by atoms with E-state index in [1.54, 1.807) is 21.3 Å². The van der Waals surface area contributed by atoms with Crippen molar-refractivity contribution < 1.29 is 19.3 Å². The highest BCUT2D eigenvalue weighted by molar-refractivity contribution is 5.55. The van der Waals surface area contributed by atoms with Crippen LogP contribution in [0.2, 0.25) is 0 Å². The first kappa shape index (κ1) is 19.1. The summed E-state index contributed by atoms with van der Waals surface area (Å²) in [6.07, 6.45) is 2.93. The highest BCUT2D eigenvalue weighted by atomic mass is 16.5. The maximum atomic E-state index is 11.9. The maximum absolute atomic E-state index is 11.9. The monoisotopic (exact) mass is 383 g/mol. The van der Waals surface area contributed by atoms with Gasteiger partial charge < -0.3 is 19.3 Å². The van der Waals surface area contributed by atoms with E-state index in [0.717, 1.165) is 31.5 Å². The van der Waals surface area contributed by atoms with Crippen LogP contribution in [-0.4, -0.2) is 43.9 Å². The Bertz CT molecular complexity index is 800. The molecule has 0 radical (unpaired) electrons. The van der Waals surface area contributed by atoms with Crippen molar-refractivity contribution in [2.24, 2.45) is 5.92 Å². The summed E-state index contributed by atoms with van der Waals surface area (Å²) in [4.78, 5) is 2.44. The van der Waals surface area contributed by atoms with Crippen LogP contribution in [0.25, 0.3) is 0 Å². The van der Waals surface area contributed by atoms with Crippen LogP contribution < -0.4 is 14.2 Å². The van der Waals surface area contributed by atoms with E-state index in [9.17, 15) is 5.11 Å². The van der Waals surface area contributed by atoms with E-state index >= 15 is 0 Å². The van der Waals surface area contributed by atoms with E-state index in [1.807, 2.05) is 18.2 Å². The van der Waals surface area contributed by atoms with E-state index < -0.39 is 5.60 Å². The fourth-order valence-electron chi connectivity index (χ4n) is 5.04. The largest absolute Gasteiger partial charge is 0.493 e. The second-order valence-electron chi connectivity index (χ2n) is 7.92. The highest BCUT2D eigenvalue weighted by Gasteiger charge is 2.51. The Labute approximate surface area is 166 Å². The molecule has 2 heterocycles. The van der Waals surface area contributed by atoms with Gasteiger partial charge in [-0.25, -0.2) is 0 Å². The summed E-state index contributed by atoms with van der Waals surface area (Å²) >= 11 is 0. The molecule has 5 heteroatoms. The van der Waals surface area contributed by atoms with Crippen LogP contribution in [0.1, 0.15) is 30.4 Å². The predicted octanol–water partition coefficient (Wildman–Crippen LogP) is 3.58. The number of ether oxygens (including phenoxy) is 3. The molecule has 2 aliphatic heterocycles. The molecular weight excluding hydrogens is 354 g/mol. The van der Waals surface area contributed by atoms with Crippen molar-refractivity contribution in [1.29, 1.82) is 0 Å². The van der Waals surface area contributed by atoms with Crippen molar-refractivity contribution in [2.45, 2.75) is 37.5 Å². The molecule has 2 bridgehead atoms. The number of benzene rings is 2. The van der Waals surface area contributed by atoms with Crippen LogP contribution >= 0.6 is 0 Å². The first-order valence-corrected chi connectivity index (χ1v) is 9.90. The van der Waals surface area contributed by atoms with Gasteiger partial charge in [0.1, 0.15) is 5.60 Å². The van der Waals surface area contributed by atoms with Crippen LogP contribution in [0.5, 0.6) is 17.2 Å². The predicted molar refractivity (Wildman–Crippen MR) is 108 cm³/mol. The van der Waals surface area contributed by atoms with Gasteiger partial charge in [-0.2, -0.15) is 0 Å². The van der Waals surface area contributed by atoms with Gasteiger partial charge in [0.2, 0.25) is 5.75 Å². The fraction of sp³-hybridized carbons (Fsp3) is 0.478. The van der Waals surface area contributed by atoms with E-state index in [2.05, 4.69) is 29.2 Å². The minimum absolute atomic E-state index is 0.0699. The third-order valence-corrected chi connectivity index (χ3v) is 6.33. The smallest absolute Gasteiger partial charge is 0.203 e. The second kappa shape index (κ2) is 7.64. The van der Waals surface area contributed by atoms with E-state index in [1.165, 1.54) is 12.0 Å². The van der Waals surface area contributed by atoms with Crippen molar-refractivity contribution in [2.75, 3.05) is 27.9 Å². The summed E-state index contributed by atoms with van der Waals surface area (Å²) in [5.41, 5.74) is 1.19. The number of nitrogens with zero attached hydrogens (tertiary/aromatic N) is 1. The lowest BCUT2D eigenvalue weighted by atomic mass is 9.66. The summed E-state index contributed by atoms with van der Waals surface area (Å²) in [7, 11) is 4.82. The number of piperidine rings is 2. The van der Waals surface area contributed by atoms with E-state index in [4.69, 9.17) is 14.2 Å². The van der Waals surface area contributed by atoms with Crippen molar-refractivity contribution in [3.63, 3.8) is 0 Å². The standard InChI is InChI=1S/C23H29NO4/c1-26-19-11-18(12-20(27-2)22(19)28-3)23(25)13-17-9-10-21(23)24(15-17)14-16-7-5-4-6-8-16/h4-8,11-12,17,21,25H,9-10,13-15H2,1-3H3/t17-,21+,23-/m0/s1. The minimum atomic E-state index is -0.928. The van der Waals surface area contributed by atoms with Crippen molar-refractivity contribution in [1.82, 2.24) is 4.90 Å². The SMILES string of the molecule is COc1cc([C@@]2(O)C[C@@H]3CC[C@H]2N(Cc2ccccc2)C3)cc(OC)c1OC. The fourth-order valence-corrected chi connectivity index (χ4v) is 5.04. The lowest BCUT2D eigenvalue weighted by Gasteiger charge is -2.55. The summed E-state index contributed by atoms with van der Waals surface area (Å²) in [6.45, 7) is 1.89. The molecule has 1 N–H and O–H groups in total. The molecule has 0 amide bonds. The molecule has 28 heavy (non-hydrogen) atoms. The zero-order chi connectivity index (χ0) is 19.7. The number of fused-ring (bicyclic) bond motifs is 3. The Balaban J connectivity index is 1.70. The molecule has 3 fully saturated rings.